The summed E-state index contributed by atoms with van der Waals surface area (Å²) >= 11 is 0. The summed E-state index contributed by atoms with van der Waals surface area (Å²) in [5.41, 5.74) is 6.45. The highest BCUT2D eigenvalue weighted by Gasteiger charge is 2.22. The zero-order valence-electron chi connectivity index (χ0n) is 31.8. The minimum absolute atomic E-state index is 0.597. The van der Waals surface area contributed by atoms with Gasteiger partial charge in [-0.1, -0.05) is 170 Å². The fourth-order valence-corrected chi connectivity index (χ4v) is 9.17. The summed E-state index contributed by atoms with van der Waals surface area (Å²) in [5.74, 6) is 2.39. The average molecular weight is 767 g/mol. The largest absolute Gasteiger partial charge is 0.324 e. The number of rotatable bonds is 0. The SMILES string of the molecule is c1cc2cccc3c4cccc5cccc(c(c1)c23)c54.c1ccc2c(c1)-c1nc-2nc2[nH]c(nc3nc(nc4[nH]c(n1)c1ccccc41)-c1ccccc1-3)c1ccccc21. The molecular formula is C52H30N8. The second-order valence-corrected chi connectivity index (χ2v) is 15.2. The normalized spacial score (nSPS) is 12.0. The fourth-order valence-electron chi connectivity index (χ4n) is 9.17. The van der Waals surface area contributed by atoms with Crippen LogP contribution >= 0.6 is 0 Å². The maximum Gasteiger partial charge on any atom is 0.164 e. The van der Waals surface area contributed by atoms with Crippen LogP contribution in [0.25, 0.3) is 133 Å². The van der Waals surface area contributed by atoms with Crippen LogP contribution in [-0.2, 0) is 0 Å². The van der Waals surface area contributed by atoms with Crippen LogP contribution in [0.4, 0.5) is 0 Å². The number of hydrogen-bond donors (Lipinski definition) is 2. The van der Waals surface area contributed by atoms with Crippen LogP contribution in [0, 0.1) is 0 Å². The van der Waals surface area contributed by atoms with Crippen LogP contribution in [0.3, 0.4) is 0 Å². The molecule has 2 N–H and O–H groups in total. The Morgan fingerprint density at radius 1 is 0.233 bits per heavy atom. The van der Waals surface area contributed by atoms with Gasteiger partial charge in [-0.2, -0.15) is 0 Å². The third-order valence-electron chi connectivity index (χ3n) is 11.9. The van der Waals surface area contributed by atoms with Crippen molar-refractivity contribution in [3.63, 3.8) is 0 Å². The second kappa shape index (κ2) is 12.6. The standard InChI is InChI=1S/C32H18N8.C20H12/c1-2-10-18-17(9-1)25-33-26(18)38-28-21-13-5-6-14-22(21)30(35-28)40-32-24-16-8-7-15-23(24)31(36-32)39-29-20-12-4-3-11-19(20)27(34-29)37-25;1-5-13-6-2-11-17-18-12-4-8-14-7-3-10-16(20(14)18)15(9-1)19(13)17/h1-16H,(H2,33,34,35,36,37,38,39,40);1-12H. The maximum absolute atomic E-state index is 5.02. The zero-order valence-corrected chi connectivity index (χ0v) is 31.8. The first-order valence-corrected chi connectivity index (χ1v) is 20.0. The smallest absolute Gasteiger partial charge is 0.164 e. The van der Waals surface area contributed by atoms with E-state index < -0.39 is 0 Å². The van der Waals surface area contributed by atoms with E-state index in [0.29, 0.717) is 45.9 Å². The van der Waals surface area contributed by atoms with Crippen molar-refractivity contribution in [2.45, 2.75) is 0 Å². The highest BCUT2D eigenvalue weighted by molar-refractivity contribution is 6.32. The molecule has 9 aromatic carbocycles. The maximum atomic E-state index is 5.02. The summed E-state index contributed by atoms with van der Waals surface area (Å²) in [5, 5.41) is 14.7. The number of aromatic amines is 2. The van der Waals surface area contributed by atoms with Crippen molar-refractivity contribution in [2.75, 3.05) is 0 Å². The molecule has 2 aliphatic heterocycles. The lowest BCUT2D eigenvalue weighted by atomic mass is 9.90. The quantitative estimate of drug-likeness (QED) is 0.117. The van der Waals surface area contributed by atoms with Crippen molar-refractivity contribution >= 4 is 87.2 Å². The number of hydrogen-bond acceptors (Lipinski definition) is 6. The molecule has 60 heavy (non-hydrogen) atoms. The van der Waals surface area contributed by atoms with E-state index in [0.717, 1.165) is 43.8 Å². The minimum Gasteiger partial charge on any atom is -0.324 e. The van der Waals surface area contributed by atoms with Gasteiger partial charge in [-0.25, -0.2) is 29.9 Å². The van der Waals surface area contributed by atoms with E-state index in [2.05, 4.69) is 82.8 Å². The lowest BCUT2D eigenvalue weighted by Gasteiger charge is -2.13. The van der Waals surface area contributed by atoms with Crippen molar-refractivity contribution in [2.24, 2.45) is 0 Å². The van der Waals surface area contributed by atoms with Gasteiger partial charge in [0.25, 0.3) is 0 Å². The van der Waals surface area contributed by atoms with Crippen LogP contribution in [0.5, 0.6) is 0 Å². The van der Waals surface area contributed by atoms with Gasteiger partial charge in [0.05, 0.1) is 0 Å². The Labute approximate surface area is 341 Å². The summed E-state index contributed by atoms with van der Waals surface area (Å²) in [6.45, 7) is 0. The first-order valence-electron chi connectivity index (χ1n) is 20.0. The van der Waals surface area contributed by atoms with Gasteiger partial charge >= 0.3 is 0 Å². The average Bonchev–Trinajstić information content (AvgIpc) is 4.04. The van der Waals surface area contributed by atoms with Crippen molar-refractivity contribution in [3.05, 3.63) is 170 Å². The number of fused-ring (bicyclic) bond motifs is 22. The Morgan fingerprint density at radius 2 is 0.483 bits per heavy atom. The molecule has 0 saturated heterocycles. The fraction of sp³-hybridized carbons (Fsp3) is 0. The molecule has 0 spiro atoms. The van der Waals surface area contributed by atoms with Crippen molar-refractivity contribution in [3.8, 4) is 45.6 Å². The Kier molecular flexibility index (Phi) is 6.85. The molecule has 0 unspecified atom stereocenters. The molecule has 12 aromatic rings. The summed E-state index contributed by atoms with van der Waals surface area (Å²) < 4.78 is 0. The molecule has 8 nitrogen and oxygen atoms in total. The van der Waals surface area contributed by atoms with E-state index in [1.54, 1.807) is 0 Å². The predicted octanol–water partition coefficient (Wildman–Crippen LogP) is 12.6. The van der Waals surface area contributed by atoms with E-state index in [-0.39, 0.29) is 0 Å². The summed E-state index contributed by atoms with van der Waals surface area (Å²) in [6, 6.07) is 58.7. The van der Waals surface area contributed by atoms with Crippen molar-refractivity contribution in [1.29, 1.82) is 0 Å². The topological polar surface area (TPSA) is 109 Å². The molecule has 8 heteroatoms. The molecule has 14 rings (SSSR count). The van der Waals surface area contributed by atoms with Crippen molar-refractivity contribution < 1.29 is 0 Å². The molecule has 0 amide bonds. The third kappa shape index (κ3) is 4.85. The first kappa shape index (κ1) is 32.7. The van der Waals surface area contributed by atoms with Gasteiger partial charge in [0.1, 0.15) is 22.6 Å². The molecule has 0 aliphatic carbocycles. The molecule has 2 aliphatic rings. The van der Waals surface area contributed by atoms with Crippen LogP contribution in [0.1, 0.15) is 0 Å². The number of H-pyrrole nitrogens is 2. The minimum atomic E-state index is 0.597. The Hall–Kier alpha value is -8.36. The molecule has 5 heterocycles. The first-order chi connectivity index (χ1) is 29.7. The van der Waals surface area contributed by atoms with Gasteiger partial charge in [0.15, 0.2) is 23.3 Å². The number of nitrogens with one attached hydrogen (secondary N) is 2. The monoisotopic (exact) mass is 766 g/mol. The highest BCUT2D eigenvalue weighted by Crippen LogP contribution is 2.40. The Morgan fingerprint density at radius 3 is 0.767 bits per heavy atom. The Balaban J connectivity index is 0.000000154. The lowest BCUT2D eigenvalue weighted by Crippen LogP contribution is -1.85. The van der Waals surface area contributed by atoms with Gasteiger partial charge < -0.3 is 9.97 Å². The number of nitrogens with zero attached hydrogens (tertiary/aromatic N) is 6. The van der Waals surface area contributed by atoms with E-state index in [9.17, 15) is 0 Å². The van der Waals surface area contributed by atoms with Crippen molar-refractivity contribution in [1.82, 2.24) is 39.9 Å². The molecular weight excluding hydrogens is 737 g/mol. The second-order valence-electron chi connectivity index (χ2n) is 15.2. The summed E-state index contributed by atoms with van der Waals surface area (Å²) in [7, 11) is 0. The molecule has 0 radical (unpaired) electrons. The van der Waals surface area contributed by atoms with Gasteiger partial charge in [0, 0.05) is 43.8 Å². The van der Waals surface area contributed by atoms with Gasteiger partial charge in [-0.05, 0) is 43.1 Å². The molecule has 3 aromatic heterocycles. The molecule has 0 fully saturated rings. The summed E-state index contributed by atoms with van der Waals surface area (Å²) in [6.07, 6.45) is 0. The Bertz CT molecular complexity index is 3430. The lowest BCUT2D eigenvalue weighted by molar-refractivity contribution is 1.19. The predicted molar refractivity (Wildman–Crippen MR) is 244 cm³/mol. The zero-order chi connectivity index (χ0) is 39.3. The molecule has 0 atom stereocenters. The molecule has 0 saturated carbocycles. The van der Waals surface area contributed by atoms with Gasteiger partial charge in [0.2, 0.25) is 0 Å². The van der Waals surface area contributed by atoms with Crippen LogP contribution in [0.15, 0.2) is 170 Å². The van der Waals surface area contributed by atoms with E-state index in [1.807, 2.05) is 97.1 Å². The van der Waals surface area contributed by atoms with Crippen LogP contribution in [-0.4, -0.2) is 39.9 Å². The van der Waals surface area contributed by atoms with Gasteiger partial charge in [-0.3, -0.25) is 0 Å². The molecule has 8 bridgehead atoms. The van der Waals surface area contributed by atoms with E-state index >= 15 is 0 Å². The van der Waals surface area contributed by atoms with E-state index in [4.69, 9.17) is 29.9 Å². The number of benzene rings is 9. The highest BCUT2D eigenvalue weighted by atomic mass is 15.1. The van der Waals surface area contributed by atoms with Crippen LogP contribution in [0.2, 0.25) is 0 Å². The van der Waals surface area contributed by atoms with E-state index in [1.165, 1.54) is 43.1 Å². The molecule has 278 valence electrons. The summed E-state index contributed by atoms with van der Waals surface area (Å²) in [4.78, 5) is 36.8. The number of aromatic nitrogens is 8. The van der Waals surface area contributed by atoms with Gasteiger partial charge in [-0.15, -0.1) is 0 Å². The van der Waals surface area contributed by atoms with Crippen LogP contribution < -0.4 is 0 Å². The third-order valence-corrected chi connectivity index (χ3v) is 11.9.